The highest BCUT2D eigenvalue weighted by atomic mass is 79.9. The number of nitrogens with one attached hydrogen (secondary N) is 1. The van der Waals surface area contributed by atoms with Crippen LogP contribution in [-0.2, 0) is 16.6 Å². The molecule has 0 saturated heterocycles. The van der Waals surface area contributed by atoms with Crippen molar-refractivity contribution in [1.82, 2.24) is 19.9 Å². The van der Waals surface area contributed by atoms with Gasteiger partial charge in [-0.15, -0.1) is 21.5 Å². The number of anilines is 1. The number of halogens is 1. The zero-order valence-corrected chi connectivity index (χ0v) is 22.3. The summed E-state index contributed by atoms with van der Waals surface area (Å²) in [6, 6.07) is 8.83. The summed E-state index contributed by atoms with van der Waals surface area (Å²) in [6.07, 6.45) is 1.69. The van der Waals surface area contributed by atoms with Crippen LogP contribution >= 0.6 is 27.3 Å². The van der Waals surface area contributed by atoms with Crippen molar-refractivity contribution in [3.63, 3.8) is 0 Å². The first-order valence-electron chi connectivity index (χ1n) is 10.2. The van der Waals surface area contributed by atoms with Crippen LogP contribution in [-0.4, -0.2) is 36.1 Å². The van der Waals surface area contributed by atoms with Gasteiger partial charge in [-0.1, -0.05) is 15.9 Å². The molecule has 0 bridgehead atoms. The topological polar surface area (TPSA) is 114 Å². The molecule has 0 spiro atoms. The van der Waals surface area contributed by atoms with Gasteiger partial charge in [0, 0.05) is 23.1 Å². The first kappa shape index (κ1) is 25.8. The number of benzene rings is 1. The number of nitrogens with zero attached hydrogens (tertiary/aromatic N) is 4. The summed E-state index contributed by atoms with van der Waals surface area (Å²) in [5.74, 6) is 0.392. The maximum absolute atomic E-state index is 12.5. The van der Waals surface area contributed by atoms with Crippen LogP contribution in [0.15, 0.2) is 56.4 Å². The predicted octanol–water partition coefficient (Wildman–Crippen LogP) is 4.45. The summed E-state index contributed by atoms with van der Waals surface area (Å²) in [7, 11) is -4.03. The van der Waals surface area contributed by atoms with Gasteiger partial charge in [0.2, 0.25) is 0 Å². The number of carbonyl (C=O) groups is 1. The molecule has 34 heavy (non-hydrogen) atoms. The summed E-state index contributed by atoms with van der Waals surface area (Å²) in [6.45, 7) is 8.54. The largest absolute Gasteiger partial charge is 0.465 e. The Hall–Kier alpha value is -2.83. The lowest BCUT2D eigenvalue weighted by Gasteiger charge is -2.23. The molecule has 0 aliphatic heterocycles. The monoisotopic (exact) mass is 565 g/mol. The Labute approximate surface area is 211 Å². The van der Waals surface area contributed by atoms with Crippen molar-refractivity contribution in [3.05, 3.63) is 69.1 Å². The molecule has 2 heterocycles. The molecule has 0 unspecified atom stereocenters. The summed E-state index contributed by atoms with van der Waals surface area (Å²) < 4.78 is 33.6. The molecule has 3 aromatic rings. The van der Waals surface area contributed by atoms with Gasteiger partial charge in [-0.05, 0) is 63.6 Å². The van der Waals surface area contributed by atoms with E-state index in [1.807, 2.05) is 48.6 Å². The second kappa shape index (κ2) is 11.1. The summed E-state index contributed by atoms with van der Waals surface area (Å²) in [5, 5.41) is 8.10. The number of aromatic nitrogens is 3. The van der Waals surface area contributed by atoms with Gasteiger partial charge in [0.1, 0.15) is 5.75 Å². The Bertz CT molecular complexity index is 1300. The Kier molecular flexibility index (Phi) is 8.39. The third-order valence-electron chi connectivity index (χ3n) is 4.57. The Morgan fingerprint density at radius 2 is 2.00 bits per heavy atom. The number of allylic oxidation sites excluding steroid dienone is 1. The molecule has 180 valence electrons. The van der Waals surface area contributed by atoms with E-state index in [-0.39, 0.29) is 9.90 Å². The van der Waals surface area contributed by atoms with Crippen LogP contribution < -0.4 is 14.4 Å². The molecule has 0 saturated carbocycles. The van der Waals surface area contributed by atoms with Gasteiger partial charge in [-0.25, -0.2) is 18.1 Å². The number of carbonyl (C=O) groups excluding carboxylic acids is 1. The molecule has 0 aliphatic carbocycles. The van der Waals surface area contributed by atoms with E-state index in [2.05, 4.69) is 31.1 Å². The maximum atomic E-state index is 12.5. The lowest BCUT2D eigenvalue weighted by atomic mass is 10.2. The van der Waals surface area contributed by atoms with Crippen LogP contribution in [0.5, 0.6) is 5.75 Å². The fraction of sp³-hybridized carbons (Fsp3) is 0.273. The minimum absolute atomic E-state index is 0.0113. The van der Waals surface area contributed by atoms with Gasteiger partial charge in [0.15, 0.2) is 15.7 Å². The highest BCUT2D eigenvalue weighted by Crippen LogP contribution is 2.27. The molecule has 0 aliphatic rings. The van der Waals surface area contributed by atoms with E-state index in [1.54, 1.807) is 19.3 Å². The minimum atomic E-state index is -4.03. The van der Waals surface area contributed by atoms with Crippen molar-refractivity contribution >= 4 is 49.0 Å². The third kappa shape index (κ3) is 6.39. The van der Waals surface area contributed by atoms with Crippen molar-refractivity contribution < 1.29 is 17.9 Å². The van der Waals surface area contributed by atoms with Crippen molar-refractivity contribution in [2.75, 3.05) is 11.4 Å². The van der Waals surface area contributed by atoms with E-state index in [9.17, 15) is 13.2 Å². The molecule has 9 nitrogen and oxygen atoms in total. The van der Waals surface area contributed by atoms with Crippen molar-refractivity contribution in [1.29, 1.82) is 0 Å². The molecule has 1 amide bonds. The second-order valence-corrected chi connectivity index (χ2v) is 11.2. The van der Waals surface area contributed by atoms with Gasteiger partial charge >= 0.3 is 0 Å². The number of hydrogen-bond acceptors (Lipinski definition) is 9. The van der Waals surface area contributed by atoms with Crippen molar-refractivity contribution in [2.24, 2.45) is 0 Å². The number of rotatable bonds is 9. The maximum Gasteiger partial charge on any atom is 0.285 e. The van der Waals surface area contributed by atoms with E-state index in [0.717, 1.165) is 32.7 Å². The first-order chi connectivity index (χ1) is 16.1. The quantitative estimate of drug-likeness (QED) is 0.378. The molecule has 1 aromatic carbocycles. The Balaban J connectivity index is 1.77. The Morgan fingerprint density at radius 3 is 2.59 bits per heavy atom. The highest BCUT2D eigenvalue weighted by Gasteiger charge is 2.24. The first-order valence-corrected chi connectivity index (χ1v) is 13.4. The van der Waals surface area contributed by atoms with Crippen LogP contribution in [0.4, 0.5) is 5.82 Å². The number of amides is 1. The SMILES string of the molecule is CCN(Cc1cc(Br)ccc1OC=C(C)C)c1ccc(C(=O)NS(=O)(=O)c2scnc2C)nn1. The Morgan fingerprint density at radius 1 is 1.24 bits per heavy atom. The second-order valence-electron chi connectivity index (χ2n) is 7.52. The van der Waals surface area contributed by atoms with Gasteiger partial charge in [-0.2, -0.15) is 0 Å². The molecule has 12 heteroatoms. The van der Waals surface area contributed by atoms with Crippen molar-refractivity contribution in [2.45, 2.75) is 38.4 Å². The van der Waals surface area contributed by atoms with Crippen LogP contribution in [0.25, 0.3) is 0 Å². The summed E-state index contributed by atoms with van der Waals surface area (Å²) >= 11 is 4.44. The molecule has 3 rings (SSSR count). The predicted molar refractivity (Wildman–Crippen MR) is 134 cm³/mol. The number of ether oxygens (including phenoxy) is 1. The van der Waals surface area contributed by atoms with Gasteiger partial charge in [-0.3, -0.25) is 4.79 Å². The van der Waals surface area contributed by atoms with E-state index in [4.69, 9.17) is 4.74 Å². The lowest BCUT2D eigenvalue weighted by molar-refractivity contribution is 0.0975. The number of hydrogen-bond donors (Lipinski definition) is 1. The van der Waals surface area contributed by atoms with E-state index < -0.39 is 15.9 Å². The number of aryl methyl sites for hydroxylation is 1. The van der Waals surface area contributed by atoms with Gasteiger partial charge < -0.3 is 9.64 Å². The molecule has 2 aromatic heterocycles. The summed E-state index contributed by atoms with van der Waals surface area (Å²) in [5.41, 5.74) is 3.59. The zero-order chi connectivity index (χ0) is 24.9. The van der Waals surface area contributed by atoms with Gasteiger partial charge in [0.05, 0.1) is 17.5 Å². The average Bonchev–Trinajstić information content (AvgIpc) is 3.23. The average molecular weight is 567 g/mol. The third-order valence-corrected chi connectivity index (χ3v) is 7.96. The molecule has 0 atom stereocenters. The van der Waals surface area contributed by atoms with E-state index >= 15 is 0 Å². The van der Waals surface area contributed by atoms with Crippen LogP contribution in [0.3, 0.4) is 0 Å². The van der Waals surface area contributed by atoms with Gasteiger partial charge in [0.25, 0.3) is 15.9 Å². The summed E-state index contributed by atoms with van der Waals surface area (Å²) in [4.78, 5) is 18.3. The molecular formula is C22H24BrN5O4S2. The fourth-order valence-electron chi connectivity index (χ4n) is 2.91. The highest BCUT2D eigenvalue weighted by molar-refractivity contribution is 9.10. The lowest BCUT2D eigenvalue weighted by Crippen LogP contribution is -2.31. The normalized spacial score (nSPS) is 11.1. The van der Waals surface area contributed by atoms with Crippen LogP contribution in [0, 0.1) is 6.92 Å². The standard InChI is InChI=1S/C22H24BrN5O4S2/c1-5-28(11-16-10-17(23)6-8-19(16)32-12-14(2)3)20-9-7-18(25-26-20)21(29)27-34(30,31)22-15(4)24-13-33-22/h6-10,12-13H,5,11H2,1-4H3,(H,27,29). The minimum Gasteiger partial charge on any atom is -0.465 e. The van der Waals surface area contributed by atoms with E-state index in [1.165, 1.54) is 11.6 Å². The molecular weight excluding hydrogens is 542 g/mol. The van der Waals surface area contributed by atoms with Crippen LogP contribution in [0.1, 0.15) is 42.5 Å². The fourth-order valence-corrected chi connectivity index (χ4v) is 5.50. The number of thiazole rings is 1. The zero-order valence-electron chi connectivity index (χ0n) is 19.1. The number of sulfonamides is 1. The molecule has 0 radical (unpaired) electrons. The van der Waals surface area contributed by atoms with Crippen LogP contribution in [0.2, 0.25) is 0 Å². The van der Waals surface area contributed by atoms with Crippen molar-refractivity contribution in [3.8, 4) is 5.75 Å². The molecule has 0 fully saturated rings. The van der Waals surface area contributed by atoms with E-state index in [0.29, 0.717) is 24.6 Å². The smallest absolute Gasteiger partial charge is 0.285 e. The molecule has 1 N–H and O–H groups in total.